The zero-order valence-electron chi connectivity index (χ0n) is 8.23. The number of hydrogen-bond acceptors (Lipinski definition) is 5. The molecule has 1 fully saturated rings. The molecular weight excluding hydrogens is 200 g/mol. The van der Waals surface area contributed by atoms with Gasteiger partial charge in [0.05, 0.1) is 6.61 Å². The smallest absolute Gasteiger partial charge is 0.112 e. The molecule has 0 unspecified atom stereocenters. The molecule has 0 radical (unpaired) electrons. The molecular formula is C10H16O5. The number of aliphatic hydroxyl groups is 4. The second-order valence-electron chi connectivity index (χ2n) is 3.41. The molecule has 1 rings (SSSR count). The van der Waals surface area contributed by atoms with Crippen molar-refractivity contribution in [3.8, 4) is 0 Å². The van der Waals surface area contributed by atoms with Crippen LogP contribution in [0.2, 0.25) is 0 Å². The Morgan fingerprint density at radius 1 is 1.13 bits per heavy atom. The summed E-state index contributed by atoms with van der Waals surface area (Å²) in [5.74, 6) is 0. The van der Waals surface area contributed by atoms with E-state index in [9.17, 15) is 15.3 Å². The molecule has 0 spiro atoms. The monoisotopic (exact) mass is 216 g/mol. The van der Waals surface area contributed by atoms with E-state index in [-0.39, 0.29) is 0 Å². The zero-order chi connectivity index (χ0) is 11.4. The summed E-state index contributed by atoms with van der Waals surface area (Å²) in [6.45, 7) is 3.04. The maximum atomic E-state index is 9.55. The third-order valence-corrected chi connectivity index (χ3v) is 2.37. The normalized spacial score (nSPS) is 42.0. The van der Waals surface area contributed by atoms with Crippen molar-refractivity contribution in [3.63, 3.8) is 0 Å². The van der Waals surface area contributed by atoms with Crippen molar-refractivity contribution in [1.29, 1.82) is 0 Å². The van der Waals surface area contributed by atoms with Gasteiger partial charge in [0, 0.05) is 0 Å². The standard InChI is InChI=1S/C10H16O5/c1-2-3-4-6-8(12)10(14)9(13)7(5-11)15-6/h2-4,6-14H,1,5H2/t6-,7+,8-,9+,10+/m0/s1. The molecule has 0 saturated carbocycles. The first-order chi connectivity index (χ1) is 7.11. The Morgan fingerprint density at radius 3 is 2.33 bits per heavy atom. The number of ether oxygens (including phenoxy) is 1. The molecule has 0 aliphatic carbocycles. The summed E-state index contributed by atoms with van der Waals surface area (Å²) < 4.78 is 5.19. The highest BCUT2D eigenvalue weighted by atomic mass is 16.5. The highest BCUT2D eigenvalue weighted by molar-refractivity contribution is 5.06. The van der Waals surface area contributed by atoms with E-state index < -0.39 is 37.1 Å². The molecule has 0 aromatic rings. The van der Waals surface area contributed by atoms with Crippen LogP contribution in [0, 0.1) is 0 Å². The van der Waals surface area contributed by atoms with Gasteiger partial charge in [-0.25, -0.2) is 0 Å². The minimum atomic E-state index is -1.32. The fourth-order valence-corrected chi connectivity index (χ4v) is 1.48. The minimum Gasteiger partial charge on any atom is -0.394 e. The highest BCUT2D eigenvalue weighted by Gasteiger charge is 2.42. The van der Waals surface area contributed by atoms with Gasteiger partial charge in [-0.3, -0.25) is 0 Å². The number of allylic oxidation sites excluding steroid dienone is 2. The zero-order valence-corrected chi connectivity index (χ0v) is 8.23. The van der Waals surface area contributed by atoms with Crippen molar-refractivity contribution in [1.82, 2.24) is 0 Å². The Labute approximate surface area is 87.9 Å². The Hall–Kier alpha value is -0.720. The summed E-state index contributed by atoms with van der Waals surface area (Å²) >= 11 is 0. The summed E-state index contributed by atoms with van der Waals surface area (Å²) in [7, 11) is 0. The first-order valence-corrected chi connectivity index (χ1v) is 4.71. The van der Waals surface area contributed by atoms with Crippen molar-refractivity contribution in [2.45, 2.75) is 30.5 Å². The average Bonchev–Trinajstić information content (AvgIpc) is 2.25. The van der Waals surface area contributed by atoms with E-state index >= 15 is 0 Å². The molecule has 1 aliphatic heterocycles. The second-order valence-corrected chi connectivity index (χ2v) is 3.41. The third kappa shape index (κ3) is 2.64. The quantitative estimate of drug-likeness (QED) is 0.434. The Morgan fingerprint density at radius 2 is 1.80 bits per heavy atom. The largest absolute Gasteiger partial charge is 0.394 e. The van der Waals surface area contributed by atoms with Crippen LogP contribution in [0.5, 0.6) is 0 Å². The van der Waals surface area contributed by atoms with Crippen LogP contribution in [-0.2, 0) is 4.74 Å². The maximum absolute atomic E-state index is 9.55. The van der Waals surface area contributed by atoms with Crippen molar-refractivity contribution < 1.29 is 25.2 Å². The summed E-state index contributed by atoms with van der Waals surface area (Å²) in [6.07, 6.45) is -0.877. The lowest BCUT2D eigenvalue weighted by Crippen LogP contribution is -2.57. The van der Waals surface area contributed by atoms with E-state index in [1.807, 2.05) is 0 Å². The van der Waals surface area contributed by atoms with Gasteiger partial charge in [-0.15, -0.1) is 0 Å². The Bertz CT molecular complexity index is 238. The van der Waals surface area contributed by atoms with E-state index in [0.29, 0.717) is 0 Å². The van der Waals surface area contributed by atoms with Gasteiger partial charge in [-0.1, -0.05) is 24.8 Å². The summed E-state index contributed by atoms with van der Waals surface area (Å²) in [5.41, 5.74) is 0. The predicted molar refractivity (Wildman–Crippen MR) is 53.1 cm³/mol. The fraction of sp³-hybridized carbons (Fsp3) is 0.600. The Balaban J connectivity index is 2.73. The minimum absolute atomic E-state index is 0.413. The van der Waals surface area contributed by atoms with Crippen molar-refractivity contribution in [2.75, 3.05) is 6.61 Å². The molecule has 86 valence electrons. The molecule has 5 heteroatoms. The molecule has 0 aromatic carbocycles. The van der Waals surface area contributed by atoms with E-state index in [0.717, 1.165) is 0 Å². The second kappa shape index (κ2) is 5.39. The van der Waals surface area contributed by atoms with Gasteiger partial charge in [0.1, 0.15) is 30.5 Å². The van der Waals surface area contributed by atoms with E-state index in [2.05, 4.69) is 6.58 Å². The lowest BCUT2D eigenvalue weighted by molar-refractivity contribution is -0.216. The maximum Gasteiger partial charge on any atom is 0.112 e. The average molecular weight is 216 g/mol. The van der Waals surface area contributed by atoms with E-state index in [1.165, 1.54) is 12.2 Å². The van der Waals surface area contributed by atoms with Crippen molar-refractivity contribution >= 4 is 0 Å². The molecule has 15 heavy (non-hydrogen) atoms. The van der Waals surface area contributed by atoms with Gasteiger partial charge in [-0.05, 0) is 0 Å². The van der Waals surface area contributed by atoms with E-state index in [1.54, 1.807) is 6.08 Å². The van der Waals surface area contributed by atoms with Crippen LogP contribution in [-0.4, -0.2) is 57.6 Å². The number of aliphatic hydroxyl groups excluding tert-OH is 4. The predicted octanol–water partition coefficient (Wildman–Crippen LogP) is -1.43. The SMILES string of the molecule is C=CC=C[C@@H]1O[C@H](CO)[C@@H](O)[C@H](O)[C@H]1O. The van der Waals surface area contributed by atoms with Gasteiger partial charge < -0.3 is 25.2 Å². The highest BCUT2D eigenvalue weighted by Crippen LogP contribution is 2.21. The van der Waals surface area contributed by atoms with Crippen LogP contribution in [0.3, 0.4) is 0 Å². The van der Waals surface area contributed by atoms with Crippen LogP contribution < -0.4 is 0 Å². The lowest BCUT2D eigenvalue weighted by atomic mass is 9.95. The first-order valence-electron chi connectivity index (χ1n) is 4.71. The summed E-state index contributed by atoms with van der Waals surface area (Å²) in [5, 5.41) is 37.3. The first kappa shape index (κ1) is 12.4. The van der Waals surface area contributed by atoms with E-state index in [4.69, 9.17) is 9.84 Å². The molecule has 5 nitrogen and oxygen atoms in total. The third-order valence-electron chi connectivity index (χ3n) is 2.37. The number of rotatable bonds is 3. The molecule has 5 atom stereocenters. The van der Waals surface area contributed by atoms with Crippen LogP contribution in [0.15, 0.2) is 24.8 Å². The van der Waals surface area contributed by atoms with Crippen LogP contribution in [0.1, 0.15) is 0 Å². The number of hydrogen-bond donors (Lipinski definition) is 4. The molecule has 1 aliphatic rings. The molecule has 0 aromatic heterocycles. The van der Waals surface area contributed by atoms with Crippen molar-refractivity contribution in [2.24, 2.45) is 0 Å². The fourth-order valence-electron chi connectivity index (χ4n) is 1.48. The summed E-state index contributed by atoms with van der Waals surface area (Å²) in [6, 6.07) is 0. The Kier molecular flexibility index (Phi) is 4.44. The van der Waals surface area contributed by atoms with Gasteiger partial charge in [-0.2, -0.15) is 0 Å². The van der Waals surface area contributed by atoms with Gasteiger partial charge in [0.25, 0.3) is 0 Å². The van der Waals surface area contributed by atoms with Crippen LogP contribution in [0.25, 0.3) is 0 Å². The van der Waals surface area contributed by atoms with Crippen LogP contribution in [0.4, 0.5) is 0 Å². The van der Waals surface area contributed by atoms with Gasteiger partial charge in [0.2, 0.25) is 0 Å². The molecule has 4 N–H and O–H groups in total. The lowest BCUT2D eigenvalue weighted by Gasteiger charge is -2.38. The van der Waals surface area contributed by atoms with Gasteiger partial charge in [0.15, 0.2) is 0 Å². The van der Waals surface area contributed by atoms with Crippen molar-refractivity contribution in [3.05, 3.63) is 24.8 Å². The van der Waals surface area contributed by atoms with Gasteiger partial charge >= 0.3 is 0 Å². The van der Waals surface area contributed by atoms with Crippen LogP contribution >= 0.6 is 0 Å². The molecule has 1 heterocycles. The molecule has 0 bridgehead atoms. The topological polar surface area (TPSA) is 90.2 Å². The molecule has 0 amide bonds. The summed E-state index contributed by atoms with van der Waals surface area (Å²) in [4.78, 5) is 0. The molecule has 1 saturated heterocycles.